The lowest BCUT2D eigenvalue weighted by Crippen LogP contribution is -2.47. The van der Waals surface area contributed by atoms with E-state index in [0.29, 0.717) is 0 Å². The maximum absolute atomic E-state index is 3.67. The average molecular weight is 153 g/mol. The van der Waals surface area contributed by atoms with Crippen LogP contribution in [0.3, 0.4) is 0 Å². The first-order valence-corrected chi connectivity index (χ1v) is 5.11. The van der Waals surface area contributed by atoms with Crippen molar-refractivity contribution in [3.8, 4) is 0 Å². The average Bonchev–Trinajstić information content (AvgIpc) is 2.06. The molecule has 64 valence electrons. The maximum atomic E-state index is 3.67. The second-order valence-electron chi connectivity index (χ2n) is 4.29. The van der Waals surface area contributed by atoms with Crippen molar-refractivity contribution < 1.29 is 0 Å². The Kier molecular flexibility index (Phi) is 2.17. The zero-order chi connectivity index (χ0) is 7.68. The van der Waals surface area contributed by atoms with E-state index in [1.165, 1.54) is 38.6 Å². The third-order valence-corrected chi connectivity index (χ3v) is 3.49. The molecular weight excluding hydrogens is 134 g/mol. The summed E-state index contributed by atoms with van der Waals surface area (Å²) in [5.74, 6) is 1.96. The summed E-state index contributed by atoms with van der Waals surface area (Å²) in [5.41, 5.74) is 0. The summed E-state index contributed by atoms with van der Waals surface area (Å²) in [6, 6.07) is 0.873. The minimum atomic E-state index is 0.873. The van der Waals surface area contributed by atoms with Crippen LogP contribution in [0.4, 0.5) is 0 Å². The quantitative estimate of drug-likeness (QED) is 0.562. The topological polar surface area (TPSA) is 12.0 Å². The van der Waals surface area contributed by atoms with Crippen LogP contribution in [0.1, 0.15) is 39.0 Å². The molecule has 1 aliphatic carbocycles. The molecule has 1 saturated carbocycles. The molecule has 11 heavy (non-hydrogen) atoms. The van der Waals surface area contributed by atoms with Crippen LogP contribution in [0.5, 0.6) is 0 Å². The second kappa shape index (κ2) is 3.14. The van der Waals surface area contributed by atoms with Gasteiger partial charge >= 0.3 is 0 Å². The number of hydrogen-bond acceptors (Lipinski definition) is 1. The van der Waals surface area contributed by atoms with Crippen LogP contribution in [0, 0.1) is 11.8 Å². The van der Waals surface area contributed by atoms with Gasteiger partial charge in [0, 0.05) is 6.04 Å². The Labute approximate surface area is 69.6 Å². The van der Waals surface area contributed by atoms with E-state index in [-0.39, 0.29) is 0 Å². The van der Waals surface area contributed by atoms with Crippen molar-refractivity contribution in [3.05, 3.63) is 0 Å². The van der Waals surface area contributed by atoms with Crippen molar-refractivity contribution in [2.45, 2.75) is 45.1 Å². The van der Waals surface area contributed by atoms with Gasteiger partial charge in [0.2, 0.25) is 0 Å². The van der Waals surface area contributed by atoms with Crippen LogP contribution in [0.2, 0.25) is 0 Å². The highest BCUT2D eigenvalue weighted by molar-refractivity contribution is 4.88. The molecule has 2 aliphatic rings. The van der Waals surface area contributed by atoms with Crippen LogP contribution in [0.15, 0.2) is 0 Å². The molecule has 2 rings (SSSR count). The Morgan fingerprint density at radius 2 is 1.91 bits per heavy atom. The maximum Gasteiger partial charge on any atom is 0.0121 e. The van der Waals surface area contributed by atoms with E-state index in [4.69, 9.17) is 0 Å². The van der Waals surface area contributed by atoms with Gasteiger partial charge in [-0.15, -0.1) is 0 Å². The molecule has 0 radical (unpaired) electrons. The Balaban J connectivity index is 1.99. The highest BCUT2D eigenvalue weighted by Gasteiger charge is 2.31. The van der Waals surface area contributed by atoms with E-state index >= 15 is 0 Å². The molecule has 1 nitrogen and oxygen atoms in total. The Hall–Kier alpha value is -0.0400. The normalized spacial score (nSPS) is 45.0. The predicted octanol–water partition coefficient (Wildman–Crippen LogP) is 2.17. The lowest BCUT2D eigenvalue weighted by atomic mass is 9.74. The fraction of sp³-hybridized carbons (Fsp3) is 1.00. The van der Waals surface area contributed by atoms with E-state index < -0.39 is 0 Å². The second-order valence-corrected chi connectivity index (χ2v) is 4.29. The molecule has 1 aliphatic heterocycles. The molecule has 2 fully saturated rings. The van der Waals surface area contributed by atoms with Gasteiger partial charge in [0.15, 0.2) is 0 Å². The van der Waals surface area contributed by atoms with Crippen molar-refractivity contribution in [2.24, 2.45) is 11.8 Å². The van der Waals surface area contributed by atoms with Gasteiger partial charge < -0.3 is 5.32 Å². The number of fused-ring (bicyclic) bond motifs is 1. The third kappa shape index (κ3) is 1.44. The SMILES string of the molecule is C[C@H]1CCC[C@H]2CCCN[C@H]21. The Bertz CT molecular complexity index is 131. The van der Waals surface area contributed by atoms with Gasteiger partial charge in [0.05, 0.1) is 0 Å². The zero-order valence-corrected chi connectivity index (χ0v) is 7.47. The monoisotopic (exact) mass is 153 g/mol. The van der Waals surface area contributed by atoms with Gasteiger partial charge in [-0.3, -0.25) is 0 Å². The van der Waals surface area contributed by atoms with Crippen LogP contribution in [-0.4, -0.2) is 12.6 Å². The molecule has 0 unspecified atom stereocenters. The predicted molar refractivity (Wildman–Crippen MR) is 47.5 cm³/mol. The molecule has 1 saturated heterocycles. The minimum absolute atomic E-state index is 0.873. The van der Waals surface area contributed by atoms with Crippen LogP contribution >= 0.6 is 0 Å². The number of rotatable bonds is 0. The minimum Gasteiger partial charge on any atom is -0.313 e. The summed E-state index contributed by atoms with van der Waals surface area (Å²) in [5, 5.41) is 3.67. The summed E-state index contributed by atoms with van der Waals surface area (Å²) in [7, 11) is 0. The van der Waals surface area contributed by atoms with Crippen molar-refractivity contribution in [3.63, 3.8) is 0 Å². The van der Waals surface area contributed by atoms with E-state index in [1.807, 2.05) is 0 Å². The summed E-state index contributed by atoms with van der Waals surface area (Å²) < 4.78 is 0. The van der Waals surface area contributed by atoms with Gasteiger partial charge in [0.25, 0.3) is 0 Å². The fourth-order valence-electron chi connectivity index (χ4n) is 2.85. The number of piperidine rings is 1. The van der Waals surface area contributed by atoms with Gasteiger partial charge in [-0.05, 0) is 44.1 Å². The van der Waals surface area contributed by atoms with Crippen LogP contribution < -0.4 is 5.32 Å². The fourth-order valence-corrected chi connectivity index (χ4v) is 2.85. The molecule has 0 bridgehead atoms. The molecule has 3 atom stereocenters. The van der Waals surface area contributed by atoms with Crippen molar-refractivity contribution in [1.29, 1.82) is 0 Å². The largest absolute Gasteiger partial charge is 0.313 e. The first-order valence-electron chi connectivity index (χ1n) is 5.11. The Morgan fingerprint density at radius 3 is 2.73 bits per heavy atom. The first-order chi connectivity index (χ1) is 5.38. The summed E-state index contributed by atoms with van der Waals surface area (Å²) in [6.45, 7) is 3.68. The molecule has 1 N–H and O–H groups in total. The van der Waals surface area contributed by atoms with Gasteiger partial charge in [-0.2, -0.15) is 0 Å². The van der Waals surface area contributed by atoms with Gasteiger partial charge in [-0.25, -0.2) is 0 Å². The molecule has 1 heteroatoms. The van der Waals surface area contributed by atoms with Gasteiger partial charge in [0.1, 0.15) is 0 Å². The van der Waals surface area contributed by atoms with Gasteiger partial charge in [-0.1, -0.05) is 13.3 Å². The number of hydrogen-bond donors (Lipinski definition) is 1. The van der Waals surface area contributed by atoms with Crippen LogP contribution in [-0.2, 0) is 0 Å². The van der Waals surface area contributed by atoms with Crippen molar-refractivity contribution >= 4 is 0 Å². The zero-order valence-electron chi connectivity index (χ0n) is 7.47. The highest BCUT2D eigenvalue weighted by atomic mass is 14.9. The number of nitrogens with one attached hydrogen (secondary N) is 1. The summed E-state index contributed by atoms with van der Waals surface area (Å²) in [6.07, 6.45) is 7.32. The third-order valence-electron chi connectivity index (χ3n) is 3.49. The Morgan fingerprint density at radius 1 is 1.09 bits per heavy atom. The van der Waals surface area contributed by atoms with E-state index in [9.17, 15) is 0 Å². The molecule has 0 aromatic heterocycles. The molecule has 0 spiro atoms. The van der Waals surface area contributed by atoms with Crippen LogP contribution in [0.25, 0.3) is 0 Å². The summed E-state index contributed by atoms with van der Waals surface area (Å²) in [4.78, 5) is 0. The lowest BCUT2D eigenvalue weighted by Gasteiger charge is -2.40. The molecule has 0 aromatic rings. The molecule has 0 amide bonds. The lowest BCUT2D eigenvalue weighted by molar-refractivity contribution is 0.157. The van der Waals surface area contributed by atoms with Crippen molar-refractivity contribution in [1.82, 2.24) is 5.32 Å². The van der Waals surface area contributed by atoms with Crippen molar-refractivity contribution in [2.75, 3.05) is 6.54 Å². The van der Waals surface area contributed by atoms with E-state index in [2.05, 4.69) is 12.2 Å². The summed E-state index contributed by atoms with van der Waals surface area (Å²) >= 11 is 0. The smallest absolute Gasteiger partial charge is 0.0121 e. The van der Waals surface area contributed by atoms with E-state index in [0.717, 1.165) is 17.9 Å². The molecule has 0 aromatic carbocycles. The van der Waals surface area contributed by atoms with E-state index in [1.54, 1.807) is 0 Å². The molecule has 1 heterocycles. The highest BCUT2D eigenvalue weighted by Crippen LogP contribution is 2.33. The molecular formula is C10H19N. The first kappa shape index (κ1) is 7.60. The standard InChI is InChI=1S/C10H19N/c1-8-4-2-5-9-6-3-7-11-10(8)9/h8-11H,2-7H2,1H3/t8-,9-,10-/m0/s1.